The van der Waals surface area contributed by atoms with Crippen LogP contribution in [-0.2, 0) is 16.4 Å². The molecule has 0 amide bonds. The van der Waals surface area contributed by atoms with Crippen LogP contribution in [0.2, 0.25) is 0 Å². The van der Waals surface area contributed by atoms with Crippen molar-refractivity contribution >= 4 is 26.4 Å². The minimum atomic E-state index is -5.52. The van der Waals surface area contributed by atoms with Crippen LogP contribution in [0.1, 0.15) is 5.56 Å². The number of nitrogens with zero attached hydrogens (tertiary/aromatic N) is 3. The topological polar surface area (TPSA) is 106 Å². The lowest BCUT2D eigenvalue weighted by molar-refractivity contribution is -0.0436. The zero-order valence-electron chi connectivity index (χ0n) is 17.0. The van der Waals surface area contributed by atoms with Crippen LogP contribution in [0.5, 0.6) is 5.88 Å². The van der Waals surface area contributed by atoms with Crippen molar-refractivity contribution in [1.82, 2.24) is 14.1 Å². The standard InChI is InChI=1S/C21H17F3N4O4S/c1-25-17-4-2-3-16-13(9-10-26-19(16)17)11-27-12-18(29)28(20(27)30)14-5-7-15(8-6-14)33(31,32)21(22,23)24/h2-10,12,25,29H,11H2,1H3. The molecule has 0 spiro atoms. The highest BCUT2D eigenvalue weighted by Crippen LogP contribution is 2.31. The zero-order chi connectivity index (χ0) is 24.0. The number of aromatic hydroxyl groups is 1. The summed E-state index contributed by atoms with van der Waals surface area (Å²) in [6.07, 6.45) is 2.79. The Morgan fingerprint density at radius 3 is 2.42 bits per heavy atom. The molecule has 0 bridgehead atoms. The average molecular weight is 478 g/mol. The molecule has 2 aromatic heterocycles. The number of imidazole rings is 1. The lowest BCUT2D eigenvalue weighted by Crippen LogP contribution is -2.24. The molecule has 2 heterocycles. The number of pyridine rings is 1. The van der Waals surface area contributed by atoms with Crippen LogP contribution in [0.4, 0.5) is 18.9 Å². The van der Waals surface area contributed by atoms with Gasteiger partial charge in [-0.3, -0.25) is 9.55 Å². The van der Waals surface area contributed by atoms with E-state index < -0.39 is 31.8 Å². The molecule has 2 aromatic carbocycles. The van der Waals surface area contributed by atoms with E-state index in [2.05, 4.69) is 10.3 Å². The molecule has 33 heavy (non-hydrogen) atoms. The Kier molecular flexibility index (Phi) is 5.40. The number of rotatable bonds is 5. The number of para-hydroxylation sites is 1. The Morgan fingerprint density at radius 1 is 1.09 bits per heavy atom. The summed E-state index contributed by atoms with van der Waals surface area (Å²) >= 11 is 0. The van der Waals surface area contributed by atoms with Crippen LogP contribution < -0.4 is 11.0 Å². The van der Waals surface area contributed by atoms with E-state index >= 15 is 0 Å². The van der Waals surface area contributed by atoms with E-state index in [-0.39, 0.29) is 12.2 Å². The number of benzene rings is 2. The van der Waals surface area contributed by atoms with Crippen molar-refractivity contribution in [2.45, 2.75) is 16.9 Å². The van der Waals surface area contributed by atoms with Gasteiger partial charge in [0, 0.05) is 18.6 Å². The third-order valence-corrected chi connectivity index (χ3v) is 6.62. The lowest BCUT2D eigenvalue weighted by Gasteiger charge is -2.10. The van der Waals surface area contributed by atoms with Crippen LogP contribution in [0.25, 0.3) is 16.6 Å². The molecule has 2 N–H and O–H groups in total. The number of halogens is 3. The summed E-state index contributed by atoms with van der Waals surface area (Å²) in [4.78, 5) is 16.3. The van der Waals surface area contributed by atoms with Crippen molar-refractivity contribution in [1.29, 1.82) is 0 Å². The van der Waals surface area contributed by atoms with Crippen molar-refractivity contribution < 1.29 is 26.7 Å². The quantitative estimate of drug-likeness (QED) is 0.456. The fourth-order valence-corrected chi connectivity index (χ4v) is 4.26. The first-order chi connectivity index (χ1) is 15.5. The highest BCUT2D eigenvalue weighted by molar-refractivity contribution is 7.92. The van der Waals surface area contributed by atoms with E-state index in [1.54, 1.807) is 19.3 Å². The summed E-state index contributed by atoms with van der Waals surface area (Å²) < 4.78 is 63.4. The molecule has 0 radical (unpaired) electrons. The summed E-state index contributed by atoms with van der Waals surface area (Å²) in [5, 5.41) is 14.2. The van der Waals surface area contributed by atoms with Gasteiger partial charge in [-0.05, 0) is 42.0 Å². The molecular weight excluding hydrogens is 461 g/mol. The number of hydrogen-bond donors (Lipinski definition) is 2. The third-order valence-electron chi connectivity index (χ3n) is 5.12. The summed E-state index contributed by atoms with van der Waals surface area (Å²) in [6, 6.07) is 10.8. The van der Waals surface area contributed by atoms with Crippen molar-refractivity contribution in [2.75, 3.05) is 12.4 Å². The number of aromatic nitrogens is 3. The predicted octanol–water partition coefficient (Wildman–Crippen LogP) is 3.28. The van der Waals surface area contributed by atoms with Gasteiger partial charge in [-0.1, -0.05) is 12.1 Å². The Balaban J connectivity index is 1.72. The van der Waals surface area contributed by atoms with Crippen molar-refractivity contribution in [3.63, 3.8) is 0 Å². The maximum absolute atomic E-state index is 12.9. The minimum absolute atomic E-state index is 0.00873. The Labute approximate surface area is 185 Å². The maximum atomic E-state index is 12.9. The highest BCUT2D eigenvalue weighted by Gasteiger charge is 2.46. The third kappa shape index (κ3) is 3.82. The van der Waals surface area contributed by atoms with E-state index in [0.29, 0.717) is 5.52 Å². The number of hydrogen-bond acceptors (Lipinski definition) is 6. The summed E-state index contributed by atoms with van der Waals surface area (Å²) in [5.41, 5.74) is -3.84. The number of fused-ring (bicyclic) bond motifs is 1. The highest BCUT2D eigenvalue weighted by atomic mass is 32.2. The fourth-order valence-electron chi connectivity index (χ4n) is 3.50. The number of alkyl halides is 3. The first-order valence-corrected chi connectivity index (χ1v) is 11.0. The van der Waals surface area contributed by atoms with Gasteiger partial charge in [0.1, 0.15) is 0 Å². The first kappa shape index (κ1) is 22.4. The van der Waals surface area contributed by atoms with Crippen molar-refractivity contribution in [3.05, 3.63) is 77.0 Å². The normalized spacial score (nSPS) is 12.2. The van der Waals surface area contributed by atoms with Gasteiger partial charge in [0.05, 0.1) is 34.5 Å². The second-order valence-corrected chi connectivity index (χ2v) is 9.04. The van der Waals surface area contributed by atoms with E-state index in [4.69, 9.17) is 0 Å². The van der Waals surface area contributed by atoms with E-state index in [1.165, 1.54) is 10.8 Å². The molecule has 0 aliphatic heterocycles. The molecule has 0 aliphatic rings. The second-order valence-electron chi connectivity index (χ2n) is 7.10. The van der Waals surface area contributed by atoms with Gasteiger partial charge < -0.3 is 10.4 Å². The molecular formula is C21H17F3N4O4S. The van der Waals surface area contributed by atoms with E-state index in [0.717, 1.165) is 45.5 Å². The van der Waals surface area contributed by atoms with Gasteiger partial charge in [0.15, 0.2) is 0 Å². The number of sulfone groups is 1. The predicted molar refractivity (Wildman–Crippen MR) is 115 cm³/mol. The molecule has 12 heteroatoms. The molecule has 0 fully saturated rings. The maximum Gasteiger partial charge on any atom is 0.501 e. The Bertz CT molecular complexity index is 1510. The van der Waals surface area contributed by atoms with Crippen LogP contribution in [0.15, 0.2) is 70.6 Å². The Morgan fingerprint density at radius 2 is 1.79 bits per heavy atom. The van der Waals surface area contributed by atoms with Crippen molar-refractivity contribution in [2.24, 2.45) is 0 Å². The van der Waals surface area contributed by atoms with E-state index in [9.17, 15) is 31.5 Å². The molecule has 0 atom stereocenters. The molecule has 172 valence electrons. The minimum Gasteiger partial charge on any atom is -0.493 e. The molecule has 0 unspecified atom stereocenters. The number of nitrogens with one attached hydrogen (secondary N) is 1. The van der Waals surface area contributed by atoms with Gasteiger partial charge in [-0.25, -0.2) is 17.8 Å². The second kappa shape index (κ2) is 7.96. The monoisotopic (exact) mass is 478 g/mol. The molecule has 4 aromatic rings. The van der Waals surface area contributed by atoms with Crippen LogP contribution in [0.3, 0.4) is 0 Å². The summed E-state index contributed by atoms with van der Waals surface area (Å²) in [7, 11) is -3.76. The first-order valence-electron chi connectivity index (χ1n) is 9.52. The van der Waals surface area contributed by atoms with Crippen LogP contribution in [-0.4, -0.2) is 40.2 Å². The SMILES string of the molecule is CNc1cccc2c(Cn3cc(O)n(-c4ccc(S(=O)(=O)C(F)(F)F)cc4)c3=O)ccnc12. The van der Waals surface area contributed by atoms with Gasteiger partial charge in [0.25, 0.3) is 9.84 Å². The van der Waals surface area contributed by atoms with Gasteiger partial charge in [0.2, 0.25) is 5.88 Å². The summed E-state index contributed by atoms with van der Waals surface area (Å²) in [6.45, 7) is 0.0894. The van der Waals surface area contributed by atoms with Crippen LogP contribution >= 0.6 is 0 Å². The Hall–Kier alpha value is -3.80. The smallest absolute Gasteiger partial charge is 0.493 e. The molecule has 0 aliphatic carbocycles. The van der Waals surface area contributed by atoms with Gasteiger partial charge >= 0.3 is 11.2 Å². The van der Waals surface area contributed by atoms with Gasteiger partial charge in [-0.15, -0.1) is 0 Å². The molecule has 0 saturated heterocycles. The van der Waals surface area contributed by atoms with Crippen LogP contribution in [0, 0.1) is 0 Å². The molecule has 0 saturated carbocycles. The van der Waals surface area contributed by atoms with E-state index in [1.807, 2.05) is 18.2 Å². The van der Waals surface area contributed by atoms with Gasteiger partial charge in [-0.2, -0.15) is 13.2 Å². The zero-order valence-corrected chi connectivity index (χ0v) is 17.9. The summed E-state index contributed by atoms with van der Waals surface area (Å²) in [5.74, 6) is -0.458. The van der Waals surface area contributed by atoms with Crippen molar-refractivity contribution in [3.8, 4) is 11.6 Å². The lowest BCUT2D eigenvalue weighted by atomic mass is 10.1. The molecule has 4 rings (SSSR count). The fraction of sp³-hybridized carbons (Fsp3) is 0.143. The average Bonchev–Trinajstić information content (AvgIpc) is 3.05. The molecule has 8 nitrogen and oxygen atoms in total. The largest absolute Gasteiger partial charge is 0.501 e. The number of anilines is 1.